The third-order valence-corrected chi connectivity index (χ3v) is 4.82. The highest BCUT2D eigenvalue weighted by atomic mass is 19.1. The maximum Gasteiger partial charge on any atom is 0.305 e. The number of aromatic nitrogens is 2. The highest BCUT2D eigenvalue weighted by Gasteiger charge is 2.24. The number of esters is 1. The van der Waals surface area contributed by atoms with Gasteiger partial charge in [-0.25, -0.2) is 14.4 Å². The third-order valence-electron chi connectivity index (χ3n) is 4.82. The first-order valence-electron chi connectivity index (χ1n) is 8.89. The molecule has 1 aliphatic carbocycles. The molecular formula is C20H21FN2O4. The van der Waals surface area contributed by atoms with E-state index < -0.39 is 5.82 Å². The number of aldehydes is 1. The van der Waals surface area contributed by atoms with Crippen molar-refractivity contribution in [2.45, 2.75) is 38.2 Å². The van der Waals surface area contributed by atoms with Gasteiger partial charge in [-0.15, -0.1) is 0 Å². The molecule has 1 saturated carbocycles. The van der Waals surface area contributed by atoms with Crippen molar-refractivity contribution in [2.24, 2.45) is 5.92 Å². The molecule has 1 aromatic carbocycles. The highest BCUT2D eigenvalue weighted by Crippen LogP contribution is 2.29. The molecule has 0 amide bonds. The molecule has 1 aromatic heterocycles. The van der Waals surface area contributed by atoms with Crippen molar-refractivity contribution in [1.29, 1.82) is 0 Å². The first-order chi connectivity index (χ1) is 13.1. The number of hydrogen-bond acceptors (Lipinski definition) is 6. The van der Waals surface area contributed by atoms with Gasteiger partial charge in [0.05, 0.1) is 30.8 Å². The molecule has 6 nitrogen and oxygen atoms in total. The lowest BCUT2D eigenvalue weighted by Gasteiger charge is -2.27. The average molecular weight is 372 g/mol. The third kappa shape index (κ3) is 4.87. The predicted octanol–water partition coefficient (Wildman–Crippen LogP) is 3.60. The van der Waals surface area contributed by atoms with E-state index in [1.165, 1.54) is 31.6 Å². The minimum absolute atomic E-state index is 0.00876. The zero-order chi connectivity index (χ0) is 19.2. The summed E-state index contributed by atoms with van der Waals surface area (Å²) in [5.41, 5.74) is 1.05. The zero-order valence-corrected chi connectivity index (χ0v) is 15.1. The van der Waals surface area contributed by atoms with Crippen LogP contribution in [0.1, 0.15) is 42.5 Å². The van der Waals surface area contributed by atoms with Crippen molar-refractivity contribution >= 4 is 12.3 Å². The van der Waals surface area contributed by atoms with E-state index in [0.29, 0.717) is 35.8 Å². The van der Waals surface area contributed by atoms with E-state index >= 15 is 0 Å². The first kappa shape index (κ1) is 18.9. The Balaban J connectivity index is 1.56. The van der Waals surface area contributed by atoms with Crippen LogP contribution in [0.25, 0.3) is 11.3 Å². The molecule has 7 heteroatoms. The number of halogens is 1. The number of carbonyl (C=O) groups excluding carboxylic acids is 2. The van der Waals surface area contributed by atoms with E-state index in [9.17, 15) is 14.0 Å². The van der Waals surface area contributed by atoms with E-state index in [1.54, 1.807) is 6.07 Å². The molecule has 3 rings (SSSR count). The van der Waals surface area contributed by atoms with Crippen molar-refractivity contribution in [3.63, 3.8) is 0 Å². The Labute approximate surface area is 156 Å². The Hall–Kier alpha value is -2.83. The molecular weight excluding hydrogens is 351 g/mol. The Kier molecular flexibility index (Phi) is 6.11. The quantitative estimate of drug-likeness (QED) is 0.569. The summed E-state index contributed by atoms with van der Waals surface area (Å²) < 4.78 is 24.3. The van der Waals surface area contributed by atoms with Crippen LogP contribution in [0.2, 0.25) is 0 Å². The Morgan fingerprint density at radius 3 is 2.59 bits per heavy atom. The number of ether oxygens (including phenoxy) is 2. The largest absolute Gasteiger partial charge is 0.473 e. The molecule has 1 fully saturated rings. The van der Waals surface area contributed by atoms with Crippen LogP contribution >= 0.6 is 0 Å². The second-order valence-electron chi connectivity index (χ2n) is 6.63. The summed E-state index contributed by atoms with van der Waals surface area (Å²) in [4.78, 5) is 30.6. The Morgan fingerprint density at radius 2 is 2.00 bits per heavy atom. The van der Waals surface area contributed by atoms with Crippen LogP contribution in [-0.2, 0) is 9.53 Å². The molecule has 142 valence electrons. The van der Waals surface area contributed by atoms with Crippen molar-refractivity contribution in [1.82, 2.24) is 9.97 Å². The van der Waals surface area contributed by atoms with Gasteiger partial charge in [0.1, 0.15) is 11.9 Å². The summed E-state index contributed by atoms with van der Waals surface area (Å²) in [7, 11) is 1.41. The summed E-state index contributed by atoms with van der Waals surface area (Å²) in [5.74, 6) is 0.00178. The Bertz CT molecular complexity index is 802. The molecule has 0 aliphatic heterocycles. The van der Waals surface area contributed by atoms with Gasteiger partial charge in [0.15, 0.2) is 6.29 Å². The van der Waals surface area contributed by atoms with E-state index in [4.69, 9.17) is 9.47 Å². The average Bonchev–Trinajstić information content (AvgIpc) is 2.70. The van der Waals surface area contributed by atoms with Gasteiger partial charge < -0.3 is 9.47 Å². The minimum Gasteiger partial charge on any atom is -0.473 e. The van der Waals surface area contributed by atoms with Crippen molar-refractivity contribution in [2.75, 3.05) is 7.11 Å². The minimum atomic E-state index is -0.589. The van der Waals surface area contributed by atoms with Crippen molar-refractivity contribution < 1.29 is 23.5 Å². The Morgan fingerprint density at radius 1 is 1.22 bits per heavy atom. The summed E-state index contributed by atoms with van der Waals surface area (Å²) >= 11 is 0. The fourth-order valence-electron chi connectivity index (χ4n) is 3.25. The number of rotatable bonds is 6. The van der Waals surface area contributed by atoms with Crippen LogP contribution in [0.15, 0.2) is 30.6 Å². The lowest BCUT2D eigenvalue weighted by Crippen LogP contribution is -2.25. The second kappa shape index (κ2) is 8.70. The van der Waals surface area contributed by atoms with Gasteiger partial charge in [0.2, 0.25) is 5.88 Å². The molecule has 1 aliphatic rings. The lowest BCUT2D eigenvalue weighted by atomic mass is 9.85. The normalized spacial score (nSPS) is 19.3. The maximum absolute atomic E-state index is 13.7. The summed E-state index contributed by atoms with van der Waals surface area (Å²) in [5, 5.41) is 0. The number of methoxy groups -OCH3 is 1. The van der Waals surface area contributed by atoms with Gasteiger partial charge in [0.25, 0.3) is 0 Å². The predicted molar refractivity (Wildman–Crippen MR) is 95.8 cm³/mol. The SMILES string of the molecule is COC(=O)CC1CCC(Oc2cnc(-c3ccc(C=O)c(F)c3)cn2)CC1. The molecule has 0 unspecified atom stereocenters. The lowest BCUT2D eigenvalue weighted by molar-refractivity contribution is -0.142. The monoisotopic (exact) mass is 372 g/mol. The number of benzene rings is 1. The zero-order valence-electron chi connectivity index (χ0n) is 15.1. The van der Waals surface area contributed by atoms with Gasteiger partial charge in [-0.05, 0) is 43.7 Å². The van der Waals surface area contributed by atoms with Gasteiger partial charge in [0, 0.05) is 12.0 Å². The molecule has 0 bridgehead atoms. The van der Waals surface area contributed by atoms with Gasteiger partial charge >= 0.3 is 5.97 Å². The van der Waals surface area contributed by atoms with E-state index in [1.807, 2.05) is 0 Å². The fourth-order valence-corrected chi connectivity index (χ4v) is 3.25. The summed E-state index contributed by atoms with van der Waals surface area (Å²) in [6, 6.07) is 4.30. The standard InChI is InChI=1S/C20H21FN2O4/c1-26-20(25)8-13-2-6-16(7-3-13)27-19-11-22-18(10-23-19)14-4-5-15(12-24)17(21)9-14/h4-5,9-13,16H,2-3,6-8H2,1H3. The van der Waals surface area contributed by atoms with E-state index in [0.717, 1.165) is 25.7 Å². The second-order valence-corrected chi connectivity index (χ2v) is 6.63. The van der Waals surface area contributed by atoms with Gasteiger partial charge in [-0.3, -0.25) is 9.59 Å². The van der Waals surface area contributed by atoms with Crippen molar-refractivity contribution in [3.05, 3.63) is 42.0 Å². The van der Waals surface area contributed by atoms with E-state index in [2.05, 4.69) is 9.97 Å². The molecule has 0 N–H and O–H groups in total. The maximum atomic E-state index is 13.7. The van der Waals surface area contributed by atoms with Crippen LogP contribution in [0.5, 0.6) is 5.88 Å². The van der Waals surface area contributed by atoms with Crippen molar-refractivity contribution in [3.8, 4) is 17.1 Å². The number of hydrogen-bond donors (Lipinski definition) is 0. The summed E-state index contributed by atoms with van der Waals surface area (Å²) in [6.45, 7) is 0. The smallest absolute Gasteiger partial charge is 0.305 e. The van der Waals surface area contributed by atoms with Crippen LogP contribution in [0.4, 0.5) is 4.39 Å². The molecule has 0 saturated heterocycles. The molecule has 1 heterocycles. The molecule has 0 atom stereocenters. The molecule has 2 aromatic rings. The highest BCUT2D eigenvalue weighted by molar-refractivity contribution is 5.77. The number of carbonyl (C=O) groups is 2. The van der Waals surface area contributed by atoms with Crippen LogP contribution in [-0.4, -0.2) is 35.4 Å². The first-order valence-corrected chi connectivity index (χ1v) is 8.89. The van der Waals surface area contributed by atoms with Crippen LogP contribution in [0, 0.1) is 11.7 Å². The topological polar surface area (TPSA) is 78.4 Å². The van der Waals surface area contributed by atoms with E-state index in [-0.39, 0.29) is 17.6 Å². The van der Waals surface area contributed by atoms with Crippen LogP contribution < -0.4 is 4.74 Å². The molecule has 27 heavy (non-hydrogen) atoms. The summed E-state index contributed by atoms with van der Waals surface area (Å²) in [6.07, 6.45) is 7.53. The van der Waals surface area contributed by atoms with Gasteiger partial charge in [-0.1, -0.05) is 6.07 Å². The molecule has 0 radical (unpaired) electrons. The van der Waals surface area contributed by atoms with Gasteiger partial charge in [-0.2, -0.15) is 0 Å². The molecule has 0 spiro atoms. The fraction of sp³-hybridized carbons (Fsp3) is 0.400. The van der Waals surface area contributed by atoms with Crippen LogP contribution in [0.3, 0.4) is 0 Å². The number of nitrogens with zero attached hydrogens (tertiary/aromatic N) is 2.